The van der Waals surface area contributed by atoms with Gasteiger partial charge in [-0.15, -0.1) is 0 Å². The van der Waals surface area contributed by atoms with Gasteiger partial charge in [0.25, 0.3) is 0 Å². The van der Waals surface area contributed by atoms with Crippen LogP contribution in [-0.4, -0.2) is 49.3 Å². The van der Waals surface area contributed by atoms with Crippen molar-refractivity contribution in [1.82, 2.24) is 0 Å². The van der Waals surface area contributed by atoms with Gasteiger partial charge in [0.05, 0.1) is 13.2 Å². The van der Waals surface area contributed by atoms with E-state index in [-0.39, 0.29) is 32.6 Å². The quantitative estimate of drug-likeness (QED) is 0.0264. The van der Waals surface area contributed by atoms with Gasteiger partial charge in [-0.2, -0.15) is 0 Å². The van der Waals surface area contributed by atoms with Crippen molar-refractivity contribution in [3.05, 3.63) is 97.2 Å². The fourth-order valence-electron chi connectivity index (χ4n) is 8.80. The third-order valence-corrected chi connectivity index (χ3v) is 14.4. The van der Waals surface area contributed by atoms with E-state index in [1.807, 2.05) is 6.08 Å². The van der Waals surface area contributed by atoms with Crippen molar-refractivity contribution < 1.29 is 37.6 Å². The highest BCUT2D eigenvalue weighted by Crippen LogP contribution is 2.43. The van der Waals surface area contributed by atoms with Crippen LogP contribution in [0.3, 0.4) is 0 Å². The summed E-state index contributed by atoms with van der Waals surface area (Å²) in [6.07, 6.45) is 83.6. The van der Waals surface area contributed by atoms with Gasteiger partial charge in [0.15, 0.2) is 6.10 Å². The Morgan fingerprint density at radius 3 is 1.12 bits per heavy atom. The first-order chi connectivity index (χ1) is 37.8. The standard InChI is InChI=1S/C67H118NO8P/c1-3-5-7-9-11-13-15-17-19-21-23-25-27-28-29-30-31-32-33-34-35-36-38-39-41-43-45-47-49-51-53-55-57-59-66(69)73-63-65(64-75-77(71,72)74-62-61-68)76-67(70)60-58-56-54-52-50-48-46-44-42-40-37-26-24-22-20-18-16-14-12-10-8-6-4-2/h6,8,12,14,18,20-21,23-24,26,40,42,46,48,52,54,65H,3-5,7,9-11,13,15-17,19,22,25,27-39,41,43-45,47,49-51,53,55-64,68H2,1-2H3,(H,71,72)/b8-6-,14-12-,20-18-,23-21-,26-24-,42-40-,48-46-,54-52-. The lowest BCUT2D eigenvalue weighted by atomic mass is 10.0. The smallest absolute Gasteiger partial charge is 0.462 e. The lowest BCUT2D eigenvalue weighted by molar-refractivity contribution is -0.161. The maximum absolute atomic E-state index is 12.7. The fraction of sp³-hybridized carbons (Fsp3) is 0.731. The van der Waals surface area contributed by atoms with Crippen molar-refractivity contribution >= 4 is 19.8 Å². The van der Waals surface area contributed by atoms with Crippen LogP contribution in [-0.2, 0) is 32.7 Å². The van der Waals surface area contributed by atoms with E-state index < -0.39 is 32.5 Å². The zero-order chi connectivity index (χ0) is 55.9. The average molecular weight is 1100 g/mol. The van der Waals surface area contributed by atoms with Gasteiger partial charge in [0.2, 0.25) is 0 Å². The van der Waals surface area contributed by atoms with Crippen molar-refractivity contribution in [2.45, 2.75) is 290 Å². The summed E-state index contributed by atoms with van der Waals surface area (Å²) in [6, 6.07) is 0. The van der Waals surface area contributed by atoms with E-state index in [0.29, 0.717) is 12.8 Å². The van der Waals surface area contributed by atoms with E-state index in [1.165, 1.54) is 180 Å². The zero-order valence-electron chi connectivity index (χ0n) is 49.7. The van der Waals surface area contributed by atoms with Crippen molar-refractivity contribution in [2.75, 3.05) is 26.4 Å². The molecule has 444 valence electrons. The van der Waals surface area contributed by atoms with Gasteiger partial charge in [0, 0.05) is 19.4 Å². The minimum Gasteiger partial charge on any atom is -0.462 e. The number of rotatable bonds is 59. The molecular formula is C67H118NO8P. The molecule has 3 N–H and O–H groups in total. The van der Waals surface area contributed by atoms with Gasteiger partial charge in [-0.1, -0.05) is 278 Å². The molecule has 0 amide bonds. The number of unbranched alkanes of at least 4 members (excludes halogenated alkanes) is 30. The molecule has 0 spiro atoms. The van der Waals surface area contributed by atoms with Gasteiger partial charge in [0.1, 0.15) is 6.61 Å². The van der Waals surface area contributed by atoms with Gasteiger partial charge < -0.3 is 20.1 Å². The van der Waals surface area contributed by atoms with E-state index in [9.17, 15) is 19.0 Å². The Kier molecular flexibility index (Phi) is 59.7. The lowest BCUT2D eigenvalue weighted by Crippen LogP contribution is -2.29. The molecule has 0 saturated heterocycles. The molecule has 10 heteroatoms. The summed E-state index contributed by atoms with van der Waals surface area (Å²) in [4.78, 5) is 35.2. The Morgan fingerprint density at radius 2 is 0.727 bits per heavy atom. The second kappa shape index (κ2) is 62.1. The molecule has 0 heterocycles. The van der Waals surface area contributed by atoms with Gasteiger partial charge in [-0.3, -0.25) is 18.6 Å². The molecule has 0 bridgehead atoms. The number of phosphoric ester groups is 1. The minimum atomic E-state index is -4.41. The van der Waals surface area contributed by atoms with Gasteiger partial charge in [-0.25, -0.2) is 4.57 Å². The largest absolute Gasteiger partial charge is 0.472 e. The number of hydrogen-bond donors (Lipinski definition) is 2. The number of nitrogens with two attached hydrogens (primary N) is 1. The Morgan fingerprint density at radius 1 is 0.403 bits per heavy atom. The van der Waals surface area contributed by atoms with E-state index in [2.05, 4.69) is 105 Å². The molecule has 2 unspecified atom stereocenters. The second-order valence-electron chi connectivity index (χ2n) is 20.9. The van der Waals surface area contributed by atoms with Crippen molar-refractivity contribution in [1.29, 1.82) is 0 Å². The molecule has 0 radical (unpaired) electrons. The van der Waals surface area contributed by atoms with Crippen molar-refractivity contribution in [3.63, 3.8) is 0 Å². The van der Waals surface area contributed by atoms with Crippen molar-refractivity contribution in [2.24, 2.45) is 5.73 Å². The first-order valence-corrected chi connectivity index (χ1v) is 33.2. The predicted octanol–water partition coefficient (Wildman–Crippen LogP) is 20.4. The molecule has 0 aliphatic carbocycles. The van der Waals surface area contributed by atoms with Crippen LogP contribution in [0.15, 0.2) is 97.2 Å². The molecule has 0 aromatic heterocycles. The molecule has 0 fully saturated rings. The summed E-state index contributed by atoms with van der Waals surface area (Å²) in [6.45, 7) is 3.58. The summed E-state index contributed by atoms with van der Waals surface area (Å²) in [5.41, 5.74) is 5.38. The third kappa shape index (κ3) is 62.0. The van der Waals surface area contributed by atoms with Crippen LogP contribution in [0.2, 0.25) is 0 Å². The number of carbonyl (C=O) groups excluding carboxylic acids is 2. The number of carbonyl (C=O) groups is 2. The molecule has 0 aromatic carbocycles. The second-order valence-corrected chi connectivity index (χ2v) is 22.3. The lowest BCUT2D eigenvalue weighted by Gasteiger charge is -2.19. The van der Waals surface area contributed by atoms with Crippen LogP contribution in [0.25, 0.3) is 0 Å². The maximum atomic E-state index is 12.7. The number of allylic oxidation sites excluding steroid dienone is 16. The molecule has 0 aliphatic rings. The highest BCUT2D eigenvalue weighted by Gasteiger charge is 2.26. The number of esters is 2. The zero-order valence-corrected chi connectivity index (χ0v) is 50.6. The van der Waals surface area contributed by atoms with Crippen molar-refractivity contribution in [3.8, 4) is 0 Å². The normalized spacial score (nSPS) is 13.7. The summed E-state index contributed by atoms with van der Waals surface area (Å²) in [5, 5.41) is 0. The highest BCUT2D eigenvalue weighted by atomic mass is 31.2. The van der Waals surface area contributed by atoms with E-state index in [1.54, 1.807) is 0 Å². The van der Waals surface area contributed by atoms with E-state index >= 15 is 0 Å². The summed E-state index contributed by atoms with van der Waals surface area (Å²) in [5.74, 6) is -0.894. The molecule has 0 aliphatic heterocycles. The van der Waals surface area contributed by atoms with Crippen LogP contribution in [0.1, 0.15) is 284 Å². The summed E-state index contributed by atoms with van der Waals surface area (Å²) >= 11 is 0. The molecule has 9 nitrogen and oxygen atoms in total. The average Bonchev–Trinajstić information content (AvgIpc) is 3.42. The van der Waals surface area contributed by atoms with Crippen LogP contribution in [0.4, 0.5) is 0 Å². The molecule has 2 atom stereocenters. The maximum Gasteiger partial charge on any atom is 0.472 e. The monoisotopic (exact) mass is 1100 g/mol. The molecular weight excluding hydrogens is 978 g/mol. The Bertz CT molecular complexity index is 1580. The number of phosphoric acid groups is 1. The van der Waals surface area contributed by atoms with Gasteiger partial charge >= 0.3 is 19.8 Å². The molecule has 0 saturated carbocycles. The number of hydrogen-bond acceptors (Lipinski definition) is 8. The van der Waals surface area contributed by atoms with Crippen LogP contribution in [0, 0.1) is 0 Å². The number of ether oxygens (including phenoxy) is 2. The Hall–Kier alpha value is -3.07. The molecule has 0 aromatic rings. The minimum absolute atomic E-state index is 0.0404. The van der Waals surface area contributed by atoms with Gasteiger partial charge in [-0.05, 0) is 89.9 Å². The third-order valence-electron chi connectivity index (χ3n) is 13.5. The van der Waals surface area contributed by atoms with Crippen LogP contribution in [0.5, 0.6) is 0 Å². The van der Waals surface area contributed by atoms with Crippen LogP contribution < -0.4 is 5.73 Å². The molecule has 0 rings (SSSR count). The highest BCUT2D eigenvalue weighted by molar-refractivity contribution is 7.47. The van der Waals surface area contributed by atoms with E-state index in [4.69, 9.17) is 24.3 Å². The summed E-state index contributed by atoms with van der Waals surface area (Å²) < 4.78 is 33.0. The topological polar surface area (TPSA) is 134 Å². The van der Waals surface area contributed by atoms with Crippen LogP contribution >= 0.6 is 7.82 Å². The predicted molar refractivity (Wildman–Crippen MR) is 330 cm³/mol. The SMILES string of the molecule is CC/C=C\C/C=C\C/C=C\C/C=C\C/C=C\C/C=C\C/C=C\CCCC(=O)OC(COC(=O)CCCCCCCCCCCCCCCCCCCCCCC/C=C\CCCCCCCCCC)COP(=O)(O)OCCN. The summed E-state index contributed by atoms with van der Waals surface area (Å²) in [7, 11) is -4.41. The Balaban J connectivity index is 3.95. The molecule has 77 heavy (non-hydrogen) atoms. The fourth-order valence-corrected chi connectivity index (χ4v) is 9.56. The Labute approximate surface area is 474 Å². The first kappa shape index (κ1) is 73.9. The van der Waals surface area contributed by atoms with E-state index in [0.717, 1.165) is 64.2 Å². The first-order valence-electron chi connectivity index (χ1n) is 31.7.